The molecule has 13 heavy (non-hydrogen) atoms. The molecule has 2 aromatic rings. The lowest BCUT2D eigenvalue weighted by atomic mass is 10.5. The van der Waals surface area contributed by atoms with Crippen molar-refractivity contribution in [2.24, 2.45) is 0 Å². The number of nitrogens with zero attached hydrogens (tertiary/aromatic N) is 4. The Kier molecular flexibility index (Phi) is 2.33. The van der Waals surface area contributed by atoms with Crippen LogP contribution >= 0.6 is 22.9 Å². The second-order valence-corrected chi connectivity index (χ2v) is 3.33. The van der Waals surface area contributed by atoms with E-state index in [1.807, 2.05) is 0 Å². The van der Waals surface area contributed by atoms with Gasteiger partial charge in [0.25, 0.3) is 0 Å². The zero-order valence-electron chi connectivity index (χ0n) is 6.31. The van der Waals surface area contributed by atoms with Gasteiger partial charge in [0.15, 0.2) is 11.0 Å². The molecule has 2 heterocycles. The van der Waals surface area contributed by atoms with Gasteiger partial charge in [-0.2, -0.15) is 0 Å². The van der Waals surface area contributed by atoms with Crippen LogP contribution in [0.3, 0.4) is 0 Å². The van der Waals surface area contributed by atoms with E-state index in [9.17, 15) is 0 Å². The fourth-order valence-corrected chi connectivity index (χ4v) is 1.27. The van der Waals surface area contributed by atoms with Crippen molar-refractivity contribution >= 4 is 33.9 Å². The average Bonchev–Trinajstić information content (AvgIpc) is 2.62. The number of hydrogen-bond acceptors (Lipinski definition) is 6. The van der Waals surface area contributed by atoms with Crippen LogP contribution in [0.5, 0.6) is 0 Å². The van der Waals surface area contributed by atoms with Gasteiger partial charge < -0.3 is 5.32 Å². The zero-order valence-corrected chi connectivity index (χ0v) is 7.88. The molecule has 1 N–H and O–H groups in total. The van der Waals surface area contributed by atoms with E-state index < -0.39 is 0 Å². The van der Waals surface area contributed by atoms with Crippen molar-refractivity contribution in [1.82, 2.24) is 20.4 Å². The molecule has 0 fully saturated rings. The lowest BCUT2D eigenvalue weighted by Crippen LogP contribution is -1.94. The summed E-state index contributed by atoms with van der Waals surface area (Å²) in [6.45, 7) is 0. The number of anilines is 2. The van der Waals surface area contributed by atoms with E-state index in [-0.39, 0.29) is 0 Å². The van der Waals surface area contributed by atoms with E-state index in [1.165, 1.54) is 11.3 Å². The van der Waals surface area contributed by atoms with Gasteiger partial charge in [-0.1, -0.05) is 22.9 Å². The second-order valence-electron chi connectivity index (χ2n) is 2.11. The molecule has 0 spiro atoms. The normalized spacial score (nSPS) is 9.92. The van der Waals surface area contributed by atoms with E-state index in [2.05, 4.69) is 25.7 Å². The van der Waals surface area contributed by atoms with Gasteiger partial charge in [0.05, 0.1) is 0 Å². The van der Waals surface area contributed by atoms with Crippen LogP contribution in [0.1, 0.15) is 0 Å². The lowest BCUT2D eigenvalue weighted by molar-refractivity contribution is 1.03. The third-order valence-corrected chi connectivity index (χ3v) is 2.04. The molecule has 7 heteroatoms. The molecule has 0 aliphatic carbocycles. The SMILES string of the molecule is Clc1ccc(Nc2nncs2)nn1. The molecule has 0 amide bonds. The van der Waals surface area contributed by atoms with E-state index in [0.29, 0.717) is 16.1 Å². The molecule has 5 nitrogen and oxygen atoms in total. The Balaban J connectivity index is 2.15. The maximum Gasteiger partial charge on any atom is 0.211 e. The molecule has 0 saturated carbocycles. The Labute approximate surface area is 82.8 Å². The molecule has 66 valence electrons. The summed E-state index contributed by atoms with van der Waals surface area (Å²) >= 11 is 6.95. The summed E-state index contributed by atoms with van der Waals surface area (Å²) in [5.74, 6) is 0.598. The minimum absolute atomic E-state index is 0.364. The lowest BCUT2D eigenvalue weighted by Gasteiger charge is -1.97. The molecular formula is C6H4ClN5S. The first kappa shape index (κ1) is 8.33. The molecule has 0 aliphatic rings. The molecule has 2 rings (SSSR count). The number of halogens is 1. The Bertz CT molecular complexity index is 372. The third-order valence-electron chi connectivity index (χ3n) is 1.23. The van der Waals surface area contributed by atoms with Crippen molar-refractivity contribution in [2.45, 2.75) is 0 Å². The Morgan fingerprint density at radius 1 is 1.23 bits per heavy atom. The van der Waals surface area contributed by atoms with E-state index in [0.717, 1.165) is 0 Å². The molecule has 0 aliphatic heterocycles. The summed E-state index contributed by atoms with van der Waals surface area (Å²) in [6, 6.07) is 3.37. The number of hydrogen-bond donors (Lipinski definition) is 1. The van der Waals surface area contributed by atoms with Gasteiger partial charge >= 0.3 is 0 Å². The Morgan fingerprint density at radius 2 is 2.15 bits per heavy atom. The van der Waals surface area contributed by atoms with Gasteiger partial charge in [0, 0.05) is 0 Å². The fraction of sp³-hybridized carbons (Fsp3) is 0. The molecular weight excluding hydrogens is 210 g/mol. The van der Waals surface area contributed by atoms with Crippen molar-refractivity contribution in [3.8, 4) is 0 Å². The van der Waals surface area contributed by atoms with Gasteiger partial charge in [0.1, 0.15) is 5.51 Å². The highest BCUT2D eigenvalue weighted by molar-refractivity contribution is 7.13. The highest BCUT2D eigenvalue weighted by atomic mass is 35.5. The number of aromatic nitrogens is 4. The van der Waals surface area contributed by atoms with Crippen LogP contribution in [0.25, 0.3) is 0 Å². The zero-order chi connectivity index (χ0) is 9.10. The molecule has 0 saturated heterocycles. The maximum atomic E-state index is 5.57. The van der Waals surface area contributed by atoms with Crippen molar-refractivity contribution in [2.75, 3.05) is 5.32 Å². The smallest absolute Gasteiger partial charge is 0.211 e. The summed E-state index contributed by atoms with van der Waals surface area (Å²) in [5, 5.41) is 18.9. The Morgan fingerprint density at radius 3 is 2.77 bits per heavy atom. The second kappa shape index (κ2) is 3.63. The van der Waals surface area contributed by atoms with Gasteiger partial charge in [-0.05, 0) is 12.1 Å². The van der Waals surface area contributed by atoms with Crippen molar-refractivity contribution in [3.05, 3.63) is 22.8 Å². The van der Waals surface area contributed by atoms with Gasteiger partial charge in [-0.25, -0.2) is 0 Å². The average molecular weight is 214 g/mol. The number of nitrogens with one attached hydrogen (secondary N) is 1. The summed E-state index contributed by atoms with van der Waals surface area (Å²) in [4.78, 5) is 0. The molecule has 0 aromatic carbocycles. The topological polar surface area (TPSA) is 63.6 Å². The summed E-state index contributed by atoms with van der Waals surface area (Å²) < 4.78 is 0. The van der Waals surface area contributed by atoms with Gasteiger partial charge in [-0.3, -0.25) is 0 Å². The van der Waals surface area contributed by atoms with Crippen molar-refractivity contribution in [3.63, 3.8) is 0 Å². The first-order chi connectivity index (χ1) is 6.34. The summed E-state index contributed by atoms with van der Waals surface area (Å²) in [6.07, 6.45) is 0. The quantitative estimate of drug-likeness (QED) is 0.823. The highest BCUT2D eigenvalue weighted by Crippen LogP contribution is 2.15. The standard InChI is InChI=1S/C6H4ClN5S/c7-4-1-2-5(11-10-4)9-6-12-8-3-13-6/h1-3H,(H,9,11,12). The molecule has 0 radical (unpaired) electrons. The first-order valence-electron chi connectivity index (χ1n) is 3.37. The van der Waals surface area contributed by atoms with Crippen LogP contribution in [0.15, 0.2) is 17.6 Å². The van der Waals surface area contributed by atoms with Crippen molar-refractivity contribution < 1.29 is 0 Å². The Hall–Kier alpha value is -1.27. The largest absolute Gasteiger partial charge is 0.313 e. The molecule has 2 aromatic heterocycles. The van der Waals surface area contributed by atoms with Crippen LogP contribution < -0.4 is 5.32 Å². The van der Waals surface area contributed by atoms with E-state index in [1.54, 1.807) is 17.6 Å². The summed E-state index contributed by atoms with van der Waals surface area (Å²) in [5.41, 5.74) is 1.63. The number of rotatable bonds is 2. The van der Waals surface area contributed by atoms with Crippen LogP contribution in [-0.4, -0.2) is 20.4 Å². The first-order valence-corrected chi connectivity index (χ1v) is 4.63. The predicted molar refractivity (Wildman–Crippen MR) is 50.2 cm³/mol. The van der Waals surface area contributed by atoms with Crippen LogP contribution in [-0.2, 0) is 0 Å². The van der Waals surface area contributed by atoms with Gasteiger partial charge in [-0.15, -0.1) is 20.4 Å². The highest BCUT2D eigenvalue weighted by Gasteiger charge is 1.98. The fourth-order valence-electron chi connectivity index (χ4n) is 0.720. The predicted octanol–water partition coefficient (Wildman–Crippen LogP) is 1.73. The summed E-state index contributed by atoms with van der Waals surface area (Å²) in [7, 11) is 0. The van der Waals surface area contributed by atoms with Gasteiger partial charge in [0.2, 0.25) is 5.13 Å². The molecule has 0 unspecified atom stereocenters. The minimum atomic E-state index is 0.364. The maximum absolute atomic E-state index is 5.57. The van der Waals surface area contributed by atoms with E-state index in [4.69, 9.17) is 11.6 Å². The monoisotopic (exact) mass is 213 g/mol. The van der Waals surface area contributed by atoms with Crippen LogP contribution in [0.4, 0.5) is 10.9 Å². The van der Waals surface area contributed by atoms with Crippen LogP contribution in [0, 0.1) is 0 Å². The minimum Gasteiger partial charge on any atom is -0.313 e. The van der Waals surface area contributed by atoms with E-state index >= 15 is 0 Å². The molecule has 0 atom stereocenters. The van der Waals surface area contributed by atoms with Crippen LogP contribution in [0.2, 0.25) is 5.15 Å². The molecule has 0 bridgehead atoms. The van der Waals surface area contributed by atoms with Crippen molar-refractivity contribution in [1.29, 1.82) is 0 Å². The third kappa shape index (κ3) is 2.10.